The molecule has 1 unspecified atom stereocenters. The first-order valence-corrected chi connectivity index (χ1v) is 17.8. The summed E-state index contributed by atoms with van der Waals surface area (Å²) in [6.07, 6.45) is 0.480. The third-order valence-corrected chi connectivity index (χ3v) is 7.30. The summed E-state index contributed by atoms with van der Waals surface area (Å²) in [6.45, 7) is 6.07. The normalized spacial score (nSPS) is 11.9. The molecule has 0 spiro atoms. The summed E-state index contributed by atoms with van der Waals surface area (Å²) in [6, 6.07) is 3.77. The van der Waals surface area contributed by atoms with Crippen LogP contribution in [0.25, 0.3) is 0 Å². The smallest absolute Gasteiger partial charge is 0.312 e. The van der Waals surface area contributed by atoms with Crippen LogP contribution in [0.5, 0.6) is 0 Å². The van der Waals surface area contributed by atoms with Crippen molar-refractivity contribution < 1.29 is 52.5 Å². The molecule has 18 nitrogen and oxygen atoms in total. The third-order valence-electron chi connectivity index (χ3n) is 7.05. The number of halogens is 1. The van der Waals surface area contributed by atoms with E-state index in [1.54, 1.807) is 38.1 Å². The molecule has 20 heteroatoms. The van der Waals surface area contributed by atoms with Gasteiger partial charge in [0.25, 0.3) is 5.91 Å². The number of primary amides is 1. The molecule has 0 aliphatic carbocycles. The van der Waals surface area contributed by atoms with E-state index in [2.05, 4.69) is 31.9 Å². The quantitative estimate of drug-likeness (QED) is 0.0278. The van der Waals surface area contributed by atoms with Crippen molar-refractivity contribution in [2.24, 2.45) is 11.7 Å². The summed E-state index contributed by atoms with van der Waals surface area (Å²) in [4.78, 5) is 84.0. The first kappa shape index (κ1) is 46.7. The standard InChI is InChI=1S/C33H53BClN7O11/c1-22(2)29(32(48)41-25(4-3-10-38-33(36)49)31(47)39-21-26(34)43)42-27(44)9-12-50-14-16-52-18-19-53-17-15-51-13-11-37-30(46)23-5-7-24(8-6-23)40-28(45)20-35/h5-8,22,25,29H,3-4,9-21,34H2,1-2H3,(H,37,46)(H,39,47)(H,40,45)(H,41,48)(H,42,44)(H3,36,38,49)/t25-,29?/m0/s1. The van der Waals surface area contributed by atoms with Crippen molar-refractivity contribution in [2.75, 3.05) is 83.7 Å². The van der Waals surface area contributed by atoms with Crippen LogP contribution in [-0.2, 0) is 42.9 Å². The van der Waals surface area contributed by atoms with Crippen molar-refractivity contribution >= 4 is 66.4 Å². The predicted molar refractivity (Wildman–Crippen MR) is 198 cm³/mol. The van der Waals surface area contributed by atoms with Crippen LogP contribution in [0.3, 0.4) is 0 Å². The number of hydrogen-bond acceptors (Lipinski definition) is 11. The minimum absolute atomic E-state index is 0.00594. The Morgan fingerprint density at radius 1 is 0.736 bits per heavy atom. The highest BCUT2D eigenvalue weighted by Crippen LogP contribution is 2.10. The fourth-order valence-corrected chi connectivity index (χ4v) is 4.40. The Morgan fingerprint density at radius 3 is 1.87 bits per heavy atom. The number of urea groups is 1. The molecule has 0 fully saturated rings. The molecule has 0 saturated carbocycles. The van der Waals surface area contributed by atoms with Crippen LogP contribution in [0.4, 0.5) is 10.5 Å². The topological polar surface area (TPSA) is 255 Å². The number of hydrogen-bond donors (Lipinski definition) is 7. The molecule has 1 aromatic carbocycles. The number of anilines is 1. The van der Waals surface area contributed by atoms with Crippen LogP contribution >= 0.6 is 11.6 Å². The number of benzene rings is 1. The summed E-state index contributed by atoms with van der Waals surface area (Å²) in [7, 11) is 1.32. The SMILES string of the molecule is BC(=O)CNC(=O)[C@H](CCCNC(N)=O)NC(=O)C(NC(=O)CCOCCOCCOCCOCCNC(=O)c1ccc(NC(=O)CCl)cc1)C(C)C. The molecule has 296 valence electrons. The fourth-order valence-electron chi connectivity index (χ4n) is 4.33. The number of nitrogens with two attached hydrogens (primary N) is 1. The molecule has 0 heterocycles. The van der Waals surface area contributed by atoms with Crippen molar-refractivity contribution in [1.82, 2.24) is 26.6 Å². The van der Waals surface area contributed by atoms with E-state index in [1.165, 1.54) is 7.85 Å². The van der Waals surface area contributed by atoms with Crippen LogP contribution in [0.1, 0.15) is 43.5 Å². The lowest BCUT2D eigenvalue weighted by Crippen LogP contribution is -2.55. The molecule has 8 N–H and O–H groups in total. The third kappa shape index (κ3) is 23.1. The Kier molecular flexibility index (Phi) is 24.9. The minimum atomic E-state index is -1.000. The van der Waals surface area contributed by atoms with E-state index in [1.807, 2.05) is 0 Å². The maximum absolute atomic E-state index is 13.1. The fraction of sp³-hybridized carbons (Fsp3) is 0.606. The lowest BCUT2D eigenvalue weighted by atomic mass is 10.0. The van der Waals surface area contributed by atoms with Gasteiger partial charge in [-0.1, -0.05) is 13.8 Å². The number of ether oxygens (including phenoxy) is 4. The molecule has 0 aliphatic heterocycles. The average molecular weight is 770 g/mol. The summed E-state index contributed by atoms with van der Waals surface area (Å²) < 4.78 is 21.8. The first-order chi connectivity index (χ1) is 25.3. The molecule has 1 aromatic rings. The van der Waals surface area contributed by atoms with Crippen molar-refractivity contribution in [3.8, 4) is 0 Å². The lowest BCUT2D eigenvalue weighted by molar-refractivity contribution is -0.133. The van der Waals surface area contributed by atoms with Crippen LogP contribution in [0.15, 0.2) is 24.3 Å². The zero-order chi connectivity index (χ0) is 39.4. The number of nitrogens with one attached hydrogen (secondary N) is 6. The molecule has 0 bridgehead atoms. The van der Waals surface area contributed by atoms with Gasteiger partial charge in [0, 0.05) is 30.8 Å². The summed E-state index contributed by atoms with van der Waals surface area (Å²) in [5.74, 6) is -2.60. The highest BCUT2D eigenvalue weighted by atomic mass is 35.5. The number of rotatable bonds is 29. The van der Waals surface area contributed by atoms with Crippen LogP contribution in [-0.4, -0.2) is 140 Å². The van der Waals surface area contributed by atoms with Gasteiger partial charge in [-0.2, -0.15) is 0 Å². The Hall–Kier alpha value is -4.30. The molecule has 2 atom stereocenters. The first-order valence-electron chi connectivity index (χ1n) is 17.3. The second-order valence-corrected chi connectivity index (χ2v) is 12.2. The average Bonchev–Trinajstić information content (AvgIpc) is 3.12. The van der Waals surface area contributed by atoms with Crippen LogP contribution in [0.2, 0.25) is 0 Å². The second-order valence-electron chi connectivity index (χ2n) is 11.9. The summed E-state index contributed by atoms with van der Waals surface area (Å²) in [5.41, 5.74) is 5.79. The van der Waals surface area contributed by atoms with Gasteiger partial charge in [-0.15, -0.1) is 11.6 Å². The molecular weight excluding hydrogens is 717 g/mol. The van der Waals surface area contributed by atoms with E-state index in [4.69, 9.17) is 36.3 Å². The maximum Gasteiger partial charge on any atom is 0.312 e. The van der Waals surface area contributed by atoms with Gasteiger partial charge < -0.3 is 61.4 Å². The van der Waals surface area contributed by atoms with Gasteiger partial charge >= 0.3 is 6.03 Å². The van der Waals surface area contributed by atoms with Crippen LogP contribution < -0.4 is 37.6 Å². The number of amides is 7. The molecule has 0 saturated heterocycles. The number of alkyl halides is 1. The predicted octanol–water partition coefficient (Wildman–Crippen LogP) is -1.60. The van der Waals surface area contributed by atoms with Gasteiger partial charge in [0.05, 0.1) is 59.4 Å². The Bertz CT molecular complexity index is 1310. The highest BCUT2D eigenvalue weighted by molar-refractivity contribution is 6.58. The molecule has 0 radical (unpaired) electrons. The van der Waals surface area contributed by atoms with Gasteiger partial charge in [0.1, 0.15) is 23.6 Å². The lowest BCUT2D eigenvalue weighted by Gasteiger charge is -2.25. The monoisotopic (exact) mass is 769 g/mol. The Labute approximate surface area is 315 Å². The van der Waals surface area contributed by atoms with E-state index in [-0.39, 0.29) is 75.0 Å². The molecular formula is C33H53BClN7O11. The summed E-state index contributed by atoms with van der Waals surface area (Å²) >= 11 is 5.46. The van der Waals surface area contributed by atoms with E-state index >= 15 is 0 Å². The van der Waals surface area contributed by atoms with E-state index < -0.39 is 35.8 Å². The zero-order valence-electron chi connectivity index (χ0n) is 30.6. The molecule has 53 heavy (non-hydrogen) atoms. The largest absolute Gasteiger partial charge is 0.379 e. The maximum atomic E-state index is 13.1. The number of carbonyl (C=O) groups is 7. The zero-order valence-corrected chi connectivity index (χ0v) is 31.4. The Morgan fingerprint density at radius 2 is 1.32 bits per heavy atom. The molecule has 0 aromatic heterocycles. The van der Waals surface area contributed by atoms with Gasteiger partial charge in [-0.25, -0.2) is 4.79 Å². The molecule has 7 amide bonds. The van der Waals surface area contributed by atoms with Crippen molar-refractivity contribution in [3.05, 3.63) is 29.8 Å². The van der Waals surface area contributed by atoms with E-state index in [0.29, 0.717) is 57.3 Å². The van der Waals surface area contributed by atoms with Gasteiger partial charge in [-0.3, -0.25) is 24.0 Å². The van der Waals surface area contributed by atoms with Crippen molar-refractivity contribution in [2.45, 2.75) is 45.2 Å². The highest BCUT2D eigenvalue weighted by Gasteiger charge is 2.28. The van der Waals surface area contributed by atoms with Crippen molar-refractivity contribution in [1.29, 1.82) is 0 Å². The van der Waals surface area contributed by atoms with Gasteiger partial charge in [0.15, 0.2) is 7.85 Å². The van der Waals surface area contributed by atoms with E-state index in [0.717, 1.165) is 0 Å². The number of carbonyl (C=O) groups excluding carboxylic acids is 7. The molecule has 0 aliphatic rings. The van der Waals surface area contributed by atoms with Crippen molar-refractivity contribution in [3.63, 3.8) is 0 Å². The van der Waals surface area contributed by atoms with Crippen LogP contribution in [0, 0.1) is 5.92 Å². The second kappa shape index (κ2) is 28.2. The van der Waals surface area contributed by atoms with E-state index in [9.17, 15) is 33.6 Å². The van der Waals surface area contributed by atoms with Gasteiger partial charge in [-0.05, 0) is 43.0 Å². The summed E-state index contributed by atoms with van der Waals surface area (Å²) in [5, 5.41) is 15.5. The minimum Gasteiger partial charge on any atom is -0.379 e. The van der Waals surface area contributed by atoms with Gasteiger partial charge in [0.2, 0.25) is 23.6 Å². The molecule has 1 rings (SSSR count). The Balaban J connectivity index is 2.18.